The van der Waals surface area contributed by atoms with E-state index in [1.165, 1.54) is 13.0 Å². The molecule has 0 radical (unpaired) electrons. The van der Waals surface area contributed by atoms with Gasteiger partial charge in [-0.2, -0.15) is 4.31 Å². The molecule has 0 bridgehead atoms. The minimum Gasteiger partial charge on any atom is -0.392 e. The van der Waals surface area contributed by atoms with Crippen LogP contribution >= 0.6 is 11.6 Å². The quantitative estimate of drug-likeness (QED) is 0.668. The molecule has 2 rings (SSSR count). The monoisotopic (exact) mass is 320 g/mol. The minimum absolute atomic E-state index is 0.00179. The van der Waals surface area contributed by atoms with Crippen molar-refractivity contribution in [3.8, 4) is 0 Å². The fourth-order valence-corrected chi connectivity index (χ4v) is 4.13. The molecule has 110 valence electrons. The van der Waals surface area contributed by atoms with Crippen LogP contribution in [0.25, 0.3) is 0 Å². The highest BCUT2D eigenvalue weighted by molar-refractivity contribution is 7.89. The van der Waals surface area contributed by atoms with Crippen LogP contribution in [-0.2, 0) is 10.0 Å². The van der Waals surface area contributed by atoms with Crippen molar-refractivity contribution >= 4 is 27.3 Å². The third-order valence-corrected chi connectivity index (χ3v) is 5.49. The van der Waals surface area contributed by atoms with E-state index in [9.17, 15) is 23.6 Å². The van der Waals surface area contributed by atoms with Crippen LogP contribution < -0.4 is 0 Å². The summed E-state index contributed by atoms with van der Waals surface area (Å²) < 4.78 is 26.0. The number of hydrogen-bond acceptors (Lipinski definition) is 5. The average molecular weight is 321 g/mol. The molecule has 1 aliphatic heterocycles. The second-order valence-corrected chi connectivity index (χ2v) is 6.95. The van der Waals surface area contributed by atoms with Crippen LogP contribution in [0.4, 0.5) is 5.69 Å². The summed E-state index contributed by atoms with van der Waals surface area (Å²) >= 11 is 5.74. The third kappa shape index (κ3) is 2.64. The molecule has 1 aliphatic rings. The van der Waals surface area contributed by atoms with Gasteiger partial charge in [-0.25, -0.2) is 8.42 Å². The highest BCUT2D eigenvalue weighted by atomic mass is 35.5. The second kappa shape index (κ2) is 5.28. The fourth-order valence-electron chi connectivity index (χ4n) is 2.13. The van der Waals surface area contributed by atoms with Gasteiger partial charge >= 0.3 is 0 Å². The largest absolute Gasteiger partial charge is 0.392 e. The van der Waals surface area contributed by atoms with Crippen molar-refractivity contribution in [1.82, 2.24) is 4.31 Å². The number of nitro benzene ring substituents is 1. The van der Waals surface area contributed by atoms with E-state index in [2.05, 4.69) is 0 Å². The summed E-state index contributed by atoms with van der Waals surface area (Å²) in [6.07, 6.45) is -0.346. The van der Waals surface area contributed by atoms with Crippen LogP contribution in [0.15, 0.2) is 17.0 Å². The lowest BCUT2D eigenvalue weighted by Crippen LogP contribution is -2.30. The van der Waals surface area contributed by atoms with Gasteiger partial charge < -0.3 is 5.11 Å². The highest BCUT2D eigenvalue weighted by Gasteiger charge is 2.34. The predicted molar refractivity (Wildman–Crippen MR) is 72.2 cm³/mol. The maximum absolute atomic E-state index is 12.4. The smallest absolute Gasteiger partial charge is 0.289 e. The first-order chi connectivity index (χ1) is 9.23. The molecule has 1 aromatic carbocycles. The number of nitrogens with zero attached hydrogens (tertiary/aromatic N) is 2. The first kappa shape index (κ1) is 15.2. The molecule has 1 saturated heterocycles. The van der Waals surface area contributed by atoms with Gasteiger partial charge in [0.25, 0.3) is 5.69 Å². The number of rotatable bonds is 3. The Kier molecular flexibility index (Phi) is 4.01. The molecule has 1 fully saturated rings. The van der Waals surface area contributed by atoms with Crippen LogP contribution in [0.1, 0.15) is 12.0 Å². The van der Waals surface area contributed by atoms with Gasteiger partial charge in [-0.1, -0.05) is 11.6 Å². The van der Waals surface area contributed by atoms with Crippen molar-refractivity contribution < 1.29 is 18.4 Å². The van der Waals surface area contributed by atoms with E-state index in [0.717, 1.165) is 10.4 Å². The Morgan fingerprint density at radius 2 is 2.15 bits per heavy atom. The van der Waals surface area contributed by atoms with Gasteiger partial charge in [-0.15, -0.1) is 0 Å². The van der Waals surface area contributed by atoms with E-state index in [-0.39, 0.29) is 23.0 Å². The fraction of sp³-hybridized carbons (Fsp3) is 0.455. The average Bonchev–Trinajstić information content (AvgIpc) is 2.75. The number of aliphatic hydroxyl groups is 1. The SMILES string of the molecule is Cc1cc(Cl)c([N+](=O)[O-])cc1S(=O)(=O)N1CCC(O)C1. The Morgan fingerprint density at radius 1 is 1.50 bits per heavy atom. The van der Waals surface area contributed by atoms with Gasteiger partial charge in [0.2, 0.25) is 10.0 Å². The van der Waals surface area contributed by atoms with Crippen molar-refractivity contribution in [3.63, 3.8) is 0 Å². The molecule has 1 atom stereocenters. The molecule has 1 aromatic rings. The highest BCUT2D eigenvalue weighted by Crippen LogP contribution is 2.32. The number of aryl methyl sites for hydroxylation is 1. The van der Waals surface area contributed by atoms with Crippen LogP contribution in [-0.4, -0.2) is 41.9 Å². The molecule has 1 unspecified atom stereocenters. The number of benzene rings is 1. The zero-order valence-corrected chi connectivity index (χ0v) is 12.2. The Labute approximate surface area is 121 Å². The zero-order valence-electron chi connectivity index (χ0n) is 10.6. The molecular formula is C11H13ClN2O5S. The van der Waals surface area contributed by atoms with Crippen molar-refractivity contribution in [2.75, 3.05) is 13.1 Å². The summed E-state index contributed by atoms with van der Waals surface area (Å²) in [4.78, 5) is 9.99. The van der Waals surface area contributed by atoms with Gasteiger partial charge in [0.1, 0.15) is 5.02 Å². The molecule has 1 heterocycles. The lowest BCUT2D eigenvalue weighted by atomic mass is 10.2. The summed E-state index contributed by atoms with van der Waals surface area (Å²) in [5.41, 5.74) is -0.113. The molecule has 20 heavy (non-hydrogen) atoms. The molecule has 9 heteroatoms. The second-order valence-electron chi connectivity index (χ2n) is 4.63. The Bertz CT molecular complexity index is 661. The van der Waals surface area contributed by atoms with Crippen molar-refractivity contribution in [2.45, 2.75) is 24.3 Å². The summed E-state index contributed by atoms with van der Waals surface area (Å²) in [5.74, 6) is 0. The number of β-amino-alcohol motifs (C(OH)–C–C–N with tert-alkyl or cyclic N) is 1. The topological polar surface area (TPSA) is 101 Å². The van der Waals surface area contributed by atoms with Crippen molar-refractivity contribution in [3.05, 3.63) is 32.8 Å². The molecule has 1 N–H and O–H groups in total. The van der Waals surface area contributed by atoms with E-state index in [1.807, 2.05) is 0 Å². The summed E-state index contributed by atoms with van der Waals surface area (Å²) in [6.45, 7) is 1.71. The van der Waals surface area contributed by atoms with Gasteiger partial charge in [0, 0.05) is 19.2 Å². The summed E-state index contributed by atoms with van der Waals surface area (Å²) in [7, 11) is -3.86. The van der Waals surface area contributed by atoms with Gasteiger partial charge in [0.05, 0.1) is 15.9 Å². The lowest BCUT2D eigenvalue weighted by molar-refractivity contribution is -0.384. The molecule has 7 nitrogen and oxygen atoms in total. The maximum Gasteiger partial charge on any atom is 0.289 e. The maximum atomic E-state index is 12.4. The minimum atomic E-state index is -3.86. The normalized spacial score (nSPS) is 20.2. The van der Waals surface area contributed by atoms with Crippen LogP contribution in [0.2, 0.25) is 5.02 Å². The van der Waals surface area contributed by atoms with Crippen LogP contribution in [0.5, 0.6) is 0 Å². The van der Waals surface area contributed by atoms with E-state index < -0.39 is 26.7 Å². The molecule has 0 aromatic heterocycles. The first-order valence-electron chi connectivity index (χ1n) is 5.86. The molecule has 0 aliphatic carbocycles. The van der Waals surface area contributed by atoms with E-state index in [4.69, 9.17) is 11.6 Å². The standard InChI is InChI=1S/C11H13ClN2O5S/c1-7-4-9(12)10(14(16)17)5-11(7)20(18,19)13-3-2-8(15)6-13/h4-5,8,15H,2-3,6H2,1H3. The van der Waals surface area contributed by atoms with Gasteiger partial charge in [0.15, 0.2) is 0 Å². The van der Waals surface area contributed by atoms with Gasteiger partial charge in [-0.3, -0.25) is 10.1 Å². The number of sulfonamides is 1. The number of halogens is 1. The van der Waals surface area contributed by atoms with Crippen LogP contribution in [0.3, 0.4) is 0 Å². The Hall–Kier alpha value is -1.22. The molecular weight excluding hydrogens is 308 g/mol. The number of aliphatic hydroxyl groups excluding tert-OH is 1. The van der Waals surface area contributed by atoms with E-state index in [1.54, 1.807) is 0 Å². The molecule has 0 spiro atoms. The van der Waals surface area contributed by atoms with Crippen LogP contribution in [0, 0.1) is 17.0 Å². The number of nitro groups is 1. The molecule has 0 saturated carbocycles. The zero-order chi connectivity index (χ0) is 15.1. The van der Waals surface area contributed by atoms with Crippen molar-refractivity contribution in [1.29, 1.82) is 0 Å². The Balaban J connectivity index is 2.51. The third-order valence-electron chi connectivity index (χ3n) is 3.19. The molecule has 0 amide bonds. The number of hydrogen-bond donors (Lipinski definition) is 1. The van der Waals surface area contributed by atoms with Gasteiger partial charge in [-0.05, 0) is 25.0 Å². The lowest BCUT2D eigenvalue weighted by Gasteiger charge is -2.17. The van der Waals surface area contributed by atoms with Crippen molar-refractivity contribution in [2.24, 2.45) is 0 Å². The summed E-state index contributed by atoms with van der Waals surface area (Å²) in [5, 5.41) is 20.2. The van der Waals surface area contributed by atoms with E-state index in [0.29, 0.717) is 12.0 Å². The first-order valence-corrected chi connectivity index (χ1v) is 7.68. The summed E-state index contributed by atoms with van der Waals surface area (Å²) in [6, 6.07) is 2.23. The van der Waals surface area contributed by atoms with E-state index >= 15 is 0 Å². The predicted octanol–water partition coefficient (Wildman–Crippen LogP) is 1.31. The Morgan fingerprint density at radius 3 is 2.65 bits per heavy atom.